The number of nitrogens with one attached hydrogen (secondary N) is 1. The number of fused-ring (bicyclic) bond motifs is 3. The number of rotatable bonds is 7. The first-order chi connectivity index (χ1) is 15.0. The molecule has 0 radical (unpaired) electrons. The van der Waals surface area contributed by atoms with Crippen molar-refractivity contribution in [2.24, 2.45) is 23.2 Å². The Balaban J connectivity index is 1.48. The van der Waals surface area contributed by atoms with Crippen molar-refractivity contribution >= 4 is 6.09 Å². The van der Waals surface area contributed by atoms with E-state index in [1.807, 2.05) is 12.1 Å². The van der Waals surface area contributed by atoms with Gasteiger partial charge in [0.15, 0.2) is 11.5 Å². The first-order valence-corrected chi connectivity index (χ1v) is 11.6. The summed E-state index contributed by atoms with van der Waals surface area (Å²) in [6, 6.07) is 6.08. The minimum absolute atomic E-state index is 0.0516. The summed E-state index contributed by atoms with van der Waals surface area (Å²) in [5.41, 5.74) is 2.21. The Kier molecular flexibility index (Phi) is 6.47. The predicted octanol–water partition coefficient (Wildman–Crippen LogP) is 5.24. The van der Waals surface area contributed by atoms with Gasteiger partial charge in [-0.1, -0.05) is 51.3 Å². The Labute approximate surface area is 185 Å². The van der Waals surface area contributed by atoms with E-state index in [1.165, 1.54) is 5.57 Å². The summed E-state index contributed by atoms with van der Waals surface area (Å²) in [5.74, 6) is 2.36. The van der Waals surface area contributed by atoms with Crippen LogP contribution >= 0.6 is 0 Å². The van der Waals surface area contributed by atoms with Crippen molar-refractivity contribution in [2.45, 2.75) is 53.1 Å². The SMILES string of the molecule is CCCCCNC(=O)OCC12COC(c3ccc4c(c3)OCO4)C(C(C)=CC1C)[C@@H]2C. The van der Waals surface area contributed by atoms with Crippen LogP contribution < -0.4 is 14.8 Å². The zero-order valence-corrected chi connectivity index (χ0v) is 19.1. The molecule has 0 saturated carbocycles. The molecule has 1 fully saturated rings. The molecule has 6 heteroatoms. The summed E-state index contributed by atoms with van der Waals surface area (Å²) < 4.78 is 23.3. The standard InChI is InChI=1S/C25H35NO5/c1-5-6-7-10-26-24(27)29-14-25-13-28-23(22(18(25)4)16(2)11-17(25)3)19-8-9-20-21(12-19)31-15-30-20/h8-9,11-12,17-18,22-23H,5-7,10,13-15H2,1-4H3,(H,26,27)/t17?,18-,22?,23?,25?/m0/s1. The molecular formula is C25H35NO5. The van der Waals surface area contributed by atoms with E-state index in [-0.39, 0.29) is 36.2 Å². The van der Waals surface area contributed by atoms with Crippen LogP contribution in [0.4, 0.5) is 4.79 Å². The van der Waals surface area contributed by atoms with E-state index in [0.29, 0.717) is 25.7 Å². The van der Waals surface area contributed by atoms with E-state index in [1.54, 1.807) is 0 Å². The van der Waals surface area contributed by atoms with Gasteiger partial charge in [-0.25, -0.2) is 4.79 Å². The second-order valence-corrected chi connectivity index (χ2v) is 9.30. The molecular weight excluding hydrogens is 394 g/mol. The van der Waals surface area contributed by atoms with E-state index in [9.17, 15) is 4.79 Å². The minimum atomic E-state index is -0.328. The molecule has 1 aromatic rings. The van der Waals surface area contributed by atoms with Crippen LogP contribution in [0.2, 0.25) is 0 Å². The monoisotopic (exact) mass is 429 g/mol. The summed E-state index contributed by atoms with van der Waals surface area (Å²) >= 11 is 0. The molecule has 0 spiro atoms. The van der Waals surface area contributed by atoms with E-state index in [0.717, 1.165) is 36.3 Å². The van der Waals surface area contributed by atoms with Gasteiger partial charge < -0.3 is 24.3 Å². The van der Waals surface area contributed by atoms with Crippen LogP contribution in [0.15, 0.2) is 29.8 Å². The third-order valence-electron chi connectivity index (χ3n) is 7.50. The molecule has 3 aliphatic rings. The third kappa shape index (κ3) is 4.14. The van der Waals surface area contributed by atoms with E-state index < -0.39 is 0 Å². The number of carbonyl (C=O) groups excluding carboxylic acids is 1. The first-order valence-electron chi connectivity index (χ1n) is 11.6. The van der Waals surface area contributed by atoms with Gasteiger partial charge >= 0.3 is 6.09 Å². The smallest absolute Gasteiger partial charge is 0.407 e. The lowest BCUT2D eigenvalue weighted by Crippen LogP contribution is -2.54. The highest BCUT2D eigenvalue weighted by molar-refractivity contribution is 5.67. The van der Waals surface area contributed by atoms with Crippen LogP contribution in [0.1, 0.15) is 58.6 Å². The number of carbonyl (C=O) groups is 1. The molecule has 4 rings (SSSR count). The second kappa shape index (κ2) is 9.11. The number of hydrogen-bond acceptors (Lipinski definition) is 5. The second-order valence-electron chi connectivity index (χ2n) is 9.30. The molecule has 1 aliphatic carbocycles. The Hall–Kier alpha value is -2.21. The van der Waals surface area contributed by atoms with Gasteiger partial charge in [0.05, 0.1) is 12.7 Å². The van der Waals surface area contributed by atoms with Crippen molar-refractivity contribution < 1.29 is 23.7 Å². The van der Waals surface area contributed by atoms with Gasteiger partial charge in [0.1, 0.15) is 6.61 Å². The average Bonchev–Trinajstić information content (AvgIpc) is 3.22. The third-order valence-corrected chi connectivity index (χ3v) is 7.50. The van der Waals surface area contributed by atoms with Crippen LogP contribution in [0, 0.1) is 23.2 Å². The van der Waals surface area contributed by atoms with Crippen LogP contribution in [0.25, 0.3) is 0 Å². The number of hydrogen-bond donors (Lipinski definition) is 1. The fourth-order valence-corrected chi connectivity index (χ4v) is 5.47. The largest absolute Gasteiger partial charge is 0.454 e. The van der Waals surface area contributed by atoms with E-state index >= 15 is 0 Å². The maximum atomic E-state index is 12.3. The Morgan fingerprint density at radius 3 is 2.84 bits per heavy atom. The van der Waals surface area contributed by atoms with Gasteiger partial charge in [-0.05, 0) is 42.9 Å². The molecule has 1 saturated heterocycles. The zero-order chi connectivity index (χ0) is 22.0. The maximum Gasteiger partial charge on any atom is 0.407 e. The lowest BCUT2D eigenvalue weighted by Gasteiger charge is -2.55. The summed E-state index contributed by atoms with van der Waals surface area (Å²) in [4.78, 5) is 12.3. The van der Waals surface area contributed by atoms with Gasteiger partial charge in [0.25, 0.3) is 0 Å². The summed E-state index contributed by atoms with van der Waals surface area (Å²) in [7, 11) is 0. The summed E-state index contributed by atoms with van der Waals surface area (Å²) in [6.45, 7) is 10.7. The van der Waals surface area contributed by atoms with Crippen molar-refractivity contribution in [3.63, 3.8) is 0 Å². The van der Waals surface area contributed by atoms with Crippen LogP contribution in [-0.2, 0) is 9.47 Å². The maximum absolute atomic E-state index is 12.3. The van der Waals surface area contributed by atoms with Crippen molar-refractivity contribution in [1.82, 2.24) is 5.32 Å². The molecule has 6 nitrogen and oxygen atoms in total. The number of allylic oxidation sites excluding steroid dienone is 1. The van der Waals surface area contributed by atoms with Gasteiger partial charge in [0, 0.05) is 17.9 Å². The molecule has 31 heavy (non-hydrogen) atoms. The van der Waals surface area contributed by atoms with Crippen molar-refractivity contribution in [3.05, 3.63) is 35.4 Å². The normalized spacial score (nSPS) is 31.2. The molecule has 5 atom stereocenters. The highest BCUT2D eigenvalue weighted by Crippen LogP contribution is 2.56. The number of amides is 1. The number of alkyl carbamates (subject to hydrolysis) is 1. The molecule has 2 bridgehead atoms. The highest BCUT2D eigenvalue weighted by atomic mass is 16.7. The zero-order valence-electron chi connectivity index (χ0n) is 19.1. The van der Waals surface area contributed by atoms with Crippen LogP contribution in [-0.4, -0.2) is 32.6 Å². The average molecular weight is 430 g/mol. The fraction of sp³-hybridized carbons (Fsp3) is 0.640. The molecule has 4 unspecified atom stereocenters. The number of unbranched alkanes of at least 4 members (excludes halogenated alkanes) is 2. The van der Waals surface area contributed by atoms with Crippen LogP contribution in [0.5, 0.6) is 11.5 Å². The van der Waals surface area contributed by atoms with Gasteiger partial charge in [-0.2, -0.15) is 0 Å². The topological polar surface area (TPSA) is 66.0 Å². The molecule has 2 heterocycles. The van der Waals surface area contributed by atoms with Crippen LogP contribution in [0.3, 0.4) is 0 Å². The molecule has 1 aromatic carbocycles. The minimum Gasteiger partial charge on any atom is -0.454 e. The van der Waals surface area contributed by atoms with Crippen molar-refractivity contribution in [1.29, 1.82) is 0 Å². The first kappa shape index (κ1) is 22.0. The molecule has 170 valence electrons. The molecule has 0 aromatic heterocycles. The summed E-state index contributed by atoms with van der Waals surface area (Å²) in [5, 5.41) is 2.88. The van der Waals surface area contributed by atoms with Gasteiger partial charge in [0.2, 0.25) is 6.79 Å². The van der Waals surface area contributed by atoms with Gasteiger partial charge in [-0.15, -0.1) is 0 Å². The van der Waals surface area contributed by atoms with E-state index in [2.05, 4.69) is 45.2 Å². The highest BCUT2D eigenvalue weighted by Gasteiger charge is 2.54. The molecule has 1 N–H and O–H groups in total. The molecule has 1 amide bonds. The predicted molar refractivity (Wildman–Crippen MR) is 118 cm³/mol. The lowest BCUT2D eigenvalue weighted by atomic mass is 9.56. The quantitative estimate of drug-likeness (QED) is 0.474. The van der Waals surface area contributed by atoms with Crippen molar-refractivity contribution in [3.8, 4) is 11.5 Å². The Morgan fingerprint density at radius 1 is 1.23 bits per heavy atom. The van der Waals surface area contributed by atoms with Crippen molar-refractivity contribution in [2.75, 3.05) is 26.6 Å². The molecule has 2 aliphatic heterocycles. The van der Waals surface area contributed by atoms with Gasteiger partial charge in [-0.3, -0.25) is 0 Å². The Bertz CT molecular complexity index is 837. The summed E-state index contributed by atoms with van der Waals surface area (Å²) in [6.07, 6.45) is 5.18. The van der Waals surface area contributed by atoms with E-state index in [4.69, 9.17) is 18.9 Å². The number of benzene rings is 1. The fourth-order valence-electron chi connectivity index (χ4n) is 5.47. The lowest BCUT2D eigenvalue weighted by molar-refractivity contribution is -0.165. The Morgan fingerprint density at radius 2 is 2.03 bits per heavy atom. The number of ether oxygens (including phenoxy) is 4.